The zero-order chi connectivity index (χ0) is 38.2. The fraction of sp³-hybridized carbons (Fsp3) is 0.410. The summed E-state index contributed by atoms with van der Waals surface area (Å²) in [5.41, 5.74) is 1.03. The van der Waals surface area contributed by atoms with Crippen LogP contribution in [0.1, 0.15) is 57.6 Å². The molecule has 0 bridgehead atoms. The Morgan fingerprint density at radius 2 is 1.75 bits per heavy atom. The van der Waals surface area contributed by atoms with E-state index < -0.39 is 46.5 Å². The summed E-state index contributed by atoms with van der Waals surface area (Å²) in [5.74, 6) is -4.14. The van der Waals surface area contributed by atoms with Crippen LogP contribution in [0.5, 0.6) is 11.5 Å². The molecule has 53 heavy (non-hydrogen) atoms. The summed E-state index contributed by atoms with van der Waals surface area (Å²) in [6.45, 7) is 9.38. The van der Waals surface area contributed by atoms with Gasteiger partial charge in [0.15, 0.2) is 11.5 Å². The maximum Gasteiger partial charge on any atom is 0.242 e. The van der Waals surface area contributed by atoms with Gasteiger partial charge in [-0.3, -0.25) is 28.8 Å². The number of thiophene rings is 1. The summed E-state index contributed by atoms with van der Waals surface area (Å²) in [6, 6.07) is 9.21. The number of imide groups is 2. The van der Waals surface area contributed by atoms with Crippen LogP contribution in [0.15, 0.2) is 50.9 Å². The molecule has 4 aliphatic rings. The Kier molecular flexibility index (Phi) is 8.42. The first-order valence-corrected chi connectivity index (χ1v) is 20.1. The van der Waals surface area contributed by atoms with Crippen molar-refractivity contribution in [2.45, 2.75) is 58.9 Å². The van der Waals surface area contributed by atoms with E-state index in [0.29, 0.717) is 37.5 Å². The number of aromatic nitrogens is 2. The maximum atomic E-state index is 15.2. The highest BCUT2D eigenvalue weighted by atomic mass is 79.9. The van der Waals surface area contributed by atoms with Crippen molar-refractivity contribution in [1.82, 2.24) is 14.7 Å². The molecule has 2 aromatic heterocycles. The van der Waals surface area contributed by atoms with Gasteiger partial charge in [-0.1, -0.05) is 23.3 Å². The van der Waals surface area contributed by atoms with E-state index in [9.17, 15) is 19.5 Å². The van der Waals surface area contributed by atoms with Gasteiger partial charge in [-0.05, 0) is 126 Å². The first-order chi connectivity index (χ1) is 24.9. The van der Waals surface area contributed by atoms with Crippen LogP contribution in [0.2, 0.25) is 5.02 Å². The number of rotatable bonds is 4. The molecule has 8 rings (SSSR count). The van der Waals surface area contributed by atoms with Crippen LogP contribution in [-0.4, -0.2) is 56.1 Å². The lowest BCUT2D eigenvalue weighted by Gasteiger charge is -2.49. The SMILES string of the molecule is COc1cc([C@H]2C3=CC[C@@H]4C(=O)N(C(C)(C)C)C(=O)[C@@H]4[C@@H]3C[C@H]3C(=O)N(c4cc(-c5sc6ccc(Cl)cc6c5C)nn4C)C(=O)[C@@]23C)c(Br)c(Br)c1O. The zero-order valence-electron chi connectivity index (χ0n) is 30.1. The molecule has 6 atom stereocenters. The molecule has 4 aromatic rings. The number of ether oxygens (including phenoxy) is 1. The van der Waals surface area contributed by atoms with Gasteiger partial charge in [0.2, 0.25) is 23.6 Å². The zero-order valence-corrected chi connectivity index (χ0v) is 34.8. The van der Waals surface area contributed by atoms with Crippen molar-refractivity contribution >= 4 is 94.3 Å². The predicted octanol–water partition coefficient (Wildman–Crippen LogP) is 8.53. The number of amides is 4. The number of aryl methyl sites for hydroxylation is 2. The number of likely N-dealkylation sites (tertiary alicyclic amines) is 1. The highest BCUT2D eigenvalue weighted by molar-refractivity contribution is 9.13. The van der Waals surface area contributed by atoms with Gasteiger partial charge >= 0.3 is 0 Å². The minimum Gasteiger partial charge on any atom is -0.503 e. The van der Waals surface area contributed by atoms with Gasteiger partial charge in [-0.15, -0.1) is 11.3 Å². The summed E-state index contributed by atoms with van der Waals surface area (Å²) in [6.07, 6.45) is 2.55. The van der Waals surface area contributed by atoms with Crippen molar-refractivity contribution in [2.75, 3.05) is 12.0 Å². The fourth-order valence-electron chi connectivity index (χ4n) is 9.43. The third-order valence-corrected chi connectivity index (χ3v) is 15.6. The molecule has 10 nitrogen and oxygen atoms in total. The van der Waals surface area contributed by atoms with Gasteiger partial charge in [0.25, 0.3) is 0 Å². The monoisotopic (exact) mass is 882 g/mol. The van der Waals surface area contributed by atoms with E-state index in [2.05, 4.69) is 31.9 Å². The minimum atomic E-state index is -1.32. The van der Waals surface area contributed by atoms with Gasteiger partial charge in [0.1, 0.15) is 11.5 Å². The third-order valence-electron chi connectivity index (χ3n) is 11.9. The average Bonchev–Trinajstić information content (AvgIpc) is 3.77. The molecule has 14 heteroatoms. The number of aromatic hydroxyl groups is 1. The lowest BCUT2D eigenvalue weighted by atomic mass is 9.51. The van der Waals surface area contributed by atoms with Crippen molar-refractivity contribution in [3.63, 3.8) is 0 Å². The number of anilines is 1. The van der Waals surface area contributed by atoms with E-state index >= 15 is 4.79 Å². The molecular formula is C39H37Br2ClN4O6S. The van der Waals surface area contributed by atoms with E-state index in [4.69, 9.17) is 21.4 Å². The molecule has 2 aliphatic carbocycles. The lowest BCUT2D eigenvalue weighted by molar-refractivity contribution is -0.145. The standard InChI is InChI=1S/C39H37Br2ClN4O6S/c1-16-20-12-17(42)8-11-26(20)53-33(16)24-15-27(44(6)43-24)45-35(49)23-13-21-18(9-10-19-28(21)36(50)46(34(19)48)38(2,3)4)29(39(23,5)37(45)51)22-14-25(52-7)32(47)31(41)30(22)40/h8-9,11-12,14-15,19,21,23,28-29,47H,10,13H2,1-7H3/t19-,21+,23-,28-,29+,39+/m0/s1. The minimum absolute atomic E-state index is 0.121. The largest absolute Gasteiger partial charge is 0.503 e. The summed E-state index contributed by atoms with van der Waals surface area (Å²) in [5, 5.41) is 17.4. The lowest BCUT2D eigenvalue weighted by Crippen LogP contribution is -2.49. The Hall–Kier alpha value is -3.52. The second kappa shape index (κ2) is 12.2. The number of nitrogens with zero attached hydrogens (tertiary/aromatic N) is 4. The molecule has 2 saturated heterocycles. The number of methoxy groups -OCH3 is 1. The molecule has 0 radical (unpaired) electrons. The van der Waals surface area contributed by atoms with Gasteiger partial charge in [-0.2, -0.15) is 5.10 Å². The number of fused-ring (bicyclic) bond motifs is 5. The molecule has 2 aromatic carbocycles. The van der Waals surface area contributed by atoms with Crippen LogP contribution >= 0.6 is 54.8 Å². The van der Waals surface area contributed by atoms with Crippen LogP contribution in [0, 0.1) is 36.0 Å². The van der Waals surface area contributed by atoms with E-state index in [0.717, 1.165) is 26.1 Å². The summed E-state index contributed by atoms with van der Waals surface area (Å²) in [7, 11) is 3.16. The Morgan fingerprint density at radius 3 is 2.43 bits per heavy atom. The topological polar surface area (TPSA) is 122 Å². The van der Waals surface area contributed by atoms with E-state index in [-0.39, 0.29) is 35.6 Å². The molecule has 0 unspecified atom stereocenters. The molecule has 4 amide bonds. The van der Waals surface area contributed by atoms with Gasteiger partial charge < -0.3 is 9.84 Å². The highest BCUT2D eigenvalue weighted by Crippen LogP contribution is 2.65. The van der Waals surface area contributed by atoms with Crippen molar-refractivity contribution in [3.05, 3.63) is 67.1 Å². The number of carbonyl (C=O) groups is 4. The van der Waals surface area contributed by atoms with Crippen molar-refractivity contribution < 1.29 is 29.0 Å². The first-order valence-electron chi connectivity index (χ1n) is 17.4. The third kappa shape index (κ3) is 5.02. The van der Waals surface area contributed by atoms with Crippen molar-refractivity contribution in [1.29, 1.82) is 0 Å². The van der Waals surface area contributed by atoms with Crippen LogP contribution in [0.4, 0.5) is 5.82 Å². The molecule has 1 saturated carbocycles. The molecule has 276 valence electrons. The summed E-state index contributed by atoms with van der Waals surface area (Å²) < 4.78 is 9.02. The second-order valence-electron chi connectivity index (χ2n) is 15.7. The highest BCUT2D eigenvalue weighted by Gasteiger charge is 2.68. The normalized spacial score (nSPS) is 27.1. The number of carbonyl (C=O) groups excluding carboxylic acids is 4. The Morgan fingerprint density at radius 1 is 1.04 bits per heavy atom. The fourth-order valence-corrected chi connectivity index (χ4v) is 11.7. The first kappa shape index (κ1) is 36.5. The average molecular weight is 885 g/mol. The number of phenolic OH excluding ortho intramolecular Hbond substituents is 1. The van der Waals surface area contributed by atoms with Crippen LogP contribution in [-0.2, 0) is 26.2 Å². The molecule has 3 fully saturated rings. The molecule has 1 N–H and O–H groups in total. The predicted molar refractivity (Wildman–Crippen MR) is 210 cm³/mol. The molecule has 2 aliphatic heterocycles. The Balaban J connectivity index is 1.29. The maximum absolute atomic E-state index is 15.2. The Bertz CT molecular complexity index is 2360. The number of phenols is 1. The number of allylic oxidation sites excluding steroid dienone is 2. The number of halogens is 3. The number of hydrogen-bond acceptors (Lipinski definition) is 8. The molecule has 4 heterocycles. The quantitative estimate of drug-likeness (QED) is 0.161. The molecular weight excluding hydrogens is 848 g/mol. The summed E-state index contributed by atoms with van der Waals surface area (Å²) >= 11 is 15.1. The van der Waals surface area contributed by atoms with Gasteiger partial charge in [0.05, 0.1) is 39.6 Å². The van der Waals surface area contributed by atoms with Crippen LogP contribution < -0.4 is 9.64 Å². The van der Waals surface area contributed by atoms with Crippen LogP contribution in [0.25, 0.3) is 20.7 Å². The smallest absolute Gasteiger partial charge is 0.242 e. The second-order valence-corrected chi connectivity index (χ2v) is 18.8. The van der Waals surface area contributed by atoms with Crippen LogP contribution in [0.3, 0.4) is 0 Å². The van der Waals surface area contributed by atoms with Gasteiger partial charge in [0, 0.05) is 38.8 Å². The number of benzene rings is 2. The number of hydrogen-bond donors (Lipinski definition) is 1. The van der Waals surface area contributed by atoms with E-state index in [1.54, 1.807) is 35.2 Å². The van der Waals surface area contributed by atoms with Crippen molar-refractivity contribution in [3.8, 4) is 22.1 Å². The summed E-state index contributed by atoms with van der Waals surface area (Å²) in [4.78, 5) is 61.8. The molecule has 0 spiro atoms. The Labute approximate surface area is 332 Å². The van der Waals surface area contributed by atoms with Crippen molar-refractivity contribution in [2.24, 2.45) is 36.1 Å². The van der Waals surface area contributed by atoms with E-state index in [1.807, 2.05) is 58.9 Å². The van der Waals surface area contributed by atoms with E-state index in [1.165, 1.54) is 16.9 Å². The van der Waals surface area contributed by atoms with Gasteiger partial charge in [-0.25, -0.2) is 4.90 Å².